The van der Waals surface area contributed by atoms with Crippen molar-refractivity contribution < 1.29 is 19.0 Å². The number of para-hydroxylation sites is 3. The second-order valence-electron chi connectivity index (χ2n) is 6.83. The molecule has 4 rings (SSSR count). The number of methoxy groups -OCH3 is 3. The van der Waals surface area contributed by atoms with E-state index in [9.17, 15) is 4.79 Å². The summed E-state index contributed by atoms with van der Waals surface area (Å²) in [5.74, 6) is 1.87. The van der Waals surface area contributed by atoms with Crippen LogP contribution in [-0.2, 0) is 4.79 Å². The molecule has 0 spiro atoms. The Labute approximate surface area is 179 Å². The van der Waals surface area contributed by atoms with Crippen LogP contribution in [0.15, 0.2) is 60.1 Å². The van der Waals surface area contributed by atoms with E-state index in [-0.39, 0.29) is 5.91 Å². The predicted molar refractivity (Wildman–Crippen MR) is 116 cm³/mol. The molecule has 0 bridgehead atoms. The van der Waals surface area contributed by atoms with Crippen LogP contribution in [0, 0.1) is 0 Å². The molecule has 2 heterocycles. The summed E-state index contributed by atoms with van der Waals surface area (Å²) < 4.78 is 18.1. The summed E-state index contributed by atoms with van der Waals surface area (Å²) in [5, 5.41) is 10.5. The quantitative estimate of drug-likeness (QED) is 0.630. The summed E-state index contributed by atoms with van der Waals surface area (Å²) in [4.78, 5) is 17.8. The molecule has 2 aromatic carbocycles. The van der Waals surface area contributed by atoms with Crippen molar-refractivity contribution in [3.63, 3.8) is 0 Å². The van der Waals surface area contributed by atoms with Gasteiger partial charge in [0.2, 0.25) is 5.95 Å². The number of nitrogens with zero attached hydrogens (tertiary/aromatic N) is 3. The third-order valence-electron chi connectivity index (χ3n) is 5.12. The van der Waals surface area contributed by atoms with Gasteiger partial charge >= 0.3 is 0 Å². The lowest BCUT2D eigenvalue weighted by molar-refractivity contribution is -0.113. The van der Waals surface area contributed by atoms with Crippen LogP contribution in [0.5, 0.6) is 17.2 Å². The summed E-state index contributed by atoms with van der Waals surface area (Å²) in [7, 11) is 4.69. The maximum atomic E-state index is 13.5. The molecule has 3 aromatic rings. The first-order valence-electron chi connectivity index (χ1n) is 9.61. The minimum absolute atomic E-state index is 0.300. The van der Waals surface area contributed by atoms with Crippen molar-refractivity contribution in [2.75, 3.05) is 32.0 Å². The highest BCUT2D eigenvalue weighted by molar-refractivity contribution is 6.06. The average Bonchev–Trinajstić information content (AvgIpc) is 3.25. The van der Waals surface area contributed by atoms with Gasteiger partial charge in [0.15, 0.2) is 11.5 Å². The minimum Gasteiger partial charge on any atom is -0.495 e. The van der Waals surface area contributed by atoms with E-state index in [0.29, 0.717) is 40.2 Å². The molecule has 9 heteroatoms. The molecule has 0 saturated heterocycles. The number of ether oxygens (including phenoxy) is 3. The van der Waals surface area contributed by atoms with Gasteiger partial charge in [-0.1, -0.05) is 24.3 Å². The van der Waals surface area contributed by atoms with Gasteiger partial charge in [0.25, 0.3) is 5.91 Å². The smallest absolute Gasteiger partial charge is 0.255 e. The molecule has 0 saturated carbocycles. The number of allylic oxidation sites excluding steroid dienone is 1. The Bertz CT molecular complexity index is 1150. The Balaban J connectivity index is 1.83. The maximum Gasteiger partial charge on any atom is 0.255 e. The fraction of sp³-hybridized carbons (Fsp3) is 0.227. The second-order valence-corrected chi connectivity index (χ2v) is 6.83. The number of carbonyl (C=O) groups excluding carboxylic acids is 1. The highest BCUT2D eigenvalue weighted by atomic mass is 16.5. The van der Waals surface area contributed by atoms with E-state index in [0.717, 1.165) is 5.56 Å². The Morgan fingerprint density at radius 3 is 2.52 bits per heavy atom. The molecule has 0 unspecified atom stereocenters. The number of carbonyl (C=O) groups is 1. The largest absolute Gasteiger partial charge is 0.495 e. The molecule has 2 N–H and O–H groups in total. The van der Waals surface area contributed by atoms with Crippen LogP contribution in [0.25, 0.3) is 0 Å². The zero-order chi connectivity index (χ0) is 22.0. The molecule has 160 valence electrons. The molecular weight excluding hydrogens is 398 g/mol. The topological polar surface area (TPSA) is 99.5 Å². The van der Waals surface area contributed by atoms with Crippen LogP contribution in [0.3, 0.4) is 0 Å². The lowest BCUT2D eigenvalue weighted by Gasteiger charge is -2.30. The summed E-state index contributed by atoms with van der Waals surface area (Å²) >= 11 is 0. The van der Waals surface area contributed by atoms with Crippen LogP contribution in [0.4, 0.5) is 11.6 Å². The SMILES string of the molecule is COc1ccccc1NC(=O)C1=C(C)Nc2ncnn2[C@@H]1c1cccc(OC)c1OC. The molecule has 0 fully saturated rings. The van der Waals surface area contributed by atoms with Crippen molar-refractivity contribution in [2.45, 2.75) is 13.0 Å². The Morgan fingerprint density at radius 1 is 1.03 bits per heavy atom. The first-order valence-corrected chi connectivity index (χ1v) is 9.61. The van der Waals surface area contributed by atoms with Crippen molar-refractivity contribution in [1.82, 2.24) is 14.8 Å². The first kappa shape index (κ1) is 20.3. The fourth-order valence-corrected chi connectivity index (χ4v) is 3.74. The van der Waals surface area contributed by atoms with Gasteiger partial charge in [-0.15, -0.1) is 0 Å². The van der Waals surface area contributed by atoms with Crippen LogP contribution >= 0.6 is 0 Å². The molecular formula is C22H23N5O4. The van der Waals surface area contributed by atoms with Gasteiger partial charge in [0, 0.05) is 11.3 Å². The van der Waals surface area contributed by atoms with Crippen LogP contribution in [0.1, 0.15) is 18.5 Å². The monoisotopic (exact) mass is 421 g/mol. The highest BCUT2D eigenvalue weighted by Gasteiger charge is 2.36. The number of fused-ring (bicyclic) bond motifs is 1. The minimum atomic E-state index is -0.585. The molecule has 1 amide bonds. The summed E-state index contributed by atoms with van der Waals surface area (Å²) in [6.07, 6.45) is 1.44. The number of anilines is 2. The number of benzene rings is 2. The average molecular weight is 421 g/mol. The number of rotatable bonds is 6. The van der Waals surface area contributed by atoms with Gasteiger partial charge < -0.3 is 24.8 Å². The molecule has 1 aliphatic rings. The van der Waals surface area contributed by atoms with E-state index in [1.165, 1.54) is 6.33 Å². The summed E-state index contributed by atoms with van der Waals surface area (Å²) in [5.41, 5.74) is 2.41. The zero-order valence-corrected chi connectivity index (χ0v) is 17.7. The number of hydrogen-bond donors (Lipinski definition) is 2. The number of nitrogens with one attached hydrogen (secondary N) is 2. The number of aromatic nitrogens is 3. The third kappa shape index (κ3) is 3.54. The van der Waals surface area contributed by atoms with Gasteiger partial charge in [-0.3, -0.25) is 4.79 Å². The zero-order valence-electron chi connectivity index (χ0n) is 17.7. The highest BCUT2D eigenvalue weighted by Crippen LogP contribution is 2.42. The van der Waals surface area contributed by atoms with E-state index < -0.39 is 6.04 Å². The van der Waals surface area contributed by atoms with Crippen LogP contribution in [-0.4, -0.2) is 42.0 Å². The van der Waals surface area contributed by atoms with E-state index >= 15 is 0 Å². The maximum absolute atomic E-state index is 13.5. The van der Waals surface area contributed by atoms with E-state index in [2.05, 4.69) is 20.7 Å². The molecule has 0 radical (unpaired) electrons. The van der Waals surface area contributed by atoms with Crippen molar-refractivity contribution in [3.05, 3.63) is 65.6 Å². The van der Waals surface area contributed by atoms with E-state index in [4.69, 9.17) is 14.2 Å². The van der Waals surface area contributed by atoms with Crippen molar-refractivity contribution in [2.24, 2.45) is 0 Å². The Hall–Kier alpha value is -4.01. The third-order valence-corrected chi connectivity index (χ3v) is 5.12. The summed E-state index contributed by atoms with van der Waals surface area (Å²) in [6.45, 7) is 1.83. The first-order chi connectivity index (χ1) is 15.1. The van der Waals surface area contributed by atoms with E-state index in [1.54, 1.807) is 44.2 Å². The lowest BCUT2D eigenvalue weighted by Crippen LogP contribution is -2.31. The van der Waals surface area contributed by atoms with Crippen molar-refractivity contribution in [3.8, 4) is 17.2 Å². The lowest BCUT2D eigenvalue weighted by atomic mass is 9.94. The molecule has 0 aliphatic carbocycles. The van der Waals surface area contributed by atoms with Gasteiger partial charge in [0.05, 0.1) is 32.6 Å². The van der Waals surface area contributed by atoms with Gasteiger partial charge in [-0.25, -0.2) is 4.68 Å². The van der Waals surface area contributed by atoms with Crippen molar-refractivity contribution in [1.29, 1.82) is 0 Å². The number of hydrogen-bond acceptors (Lipinski definition) is 7. The van der Waals surface area contributed by atoms with Gasteiger partial charge in [-0.2, -0.15) is 10.1 Å². The fourth-order valence-electron chi connectivity index (χ4n) is 3.74. The van der Waals surface area contributed by atoms with Gasteiger partial charge in [0.1, 0.15) is 18.1 Å². The Morgan fingerprint density at radius 2 is 1.77 bits per heavy atom. The predicted octanol–water partition coefficient (Wildman–Crippen LogP) is 3.23. The molecule has 1 aliphatic heterocycles. The second kappa shape index (κ2) is 8.39. The molecule has 1 aromatic heterocycles. The molecule has 31 heavy (non-hydrogen) atoms. The molecule has 9 nitrogen and oxygen atoms in total. The molecule has 1 atom stereocenters. The Kier molecular flexibility index (Phi) is 5.48. The van der Waals surface area contributed by atoms with Crippen molar-refractivity contribution >= 4 is 17.5 Å². The summed E-state index contributed by atoms with van der Waals surface area (Å²) in [6, 6.07) is 12.2. The van der Waals surface area contributed by atoms with Crippen LogP contribution < -0.4 is 24.8 Å². The number of amides is 1. The standard InChI is InChI=1S/C22H23N5O4/c1-13-18(21(28)26-15-9-5-6-10-16(15)29-2)19(27-22(25-13)23-12-24-27)14-8-7-11-17(30-3)20(14)31-4/h5-12,19H,1-4H3,(H,26,28)(H,23,24,25)/t19-/m1/s1. The van der Waals surface area contributed by atoms with Gasteiger partial charge in [-0.05, 0) is 25.1 Å². The van der Waals surface area contributed by atoms with Crippen LogP contribution in [0.2, 0.25) is 0 Å². The van der Waals surface area contributed by atoms with E-state index in [1.807, 2.05) is 31.2 Å². The normalized spacial score (nSPS) is 15.0.